The lowest BCUT2D eigenvalue weighted by Crippen LogP contribution is -1.78. The van der Waals surface area contributed by atoms with Crippen molar-refractivity contribution in [1.29, 1.82) is 0 Å². The highest BCUT2D eigenvalue weighted by Crippen LogP contribution is 2.21. The van der Waals surface area contributed by atoms with Crippen molar-refractivity contribution in [2.24, 2.45) is 0 Å². The van der Waals surface area contributed by atoms with Gasteiger partial charge in [-0.15, -0.1) is 11.3 Å². The Morgan fingerprint density at radius 2 is 2.23 bits per heavy atom. The molecule has 0 radical (unpaired) electrons. The molecule has 0 unspecified atom stereocenters. The molecule has 0 atom stereocenters. The van der Waals surface area contributed by atoms with Crippen molar-refractivity contribution >= 4 is 17.6 Å². The van der Waals surface area contributed by atoms with Crippen LogP contribution in [0.5, 0.6) is 0 Å². The summed E-state index contributed by atoms with van der Waals surface area (Å²) in [6.07, 6.45) is 4.06. The highest BCUT2D eigenvalue weighted by atomic mass is 32.1. The van der Waals surface area contributed by atoms with Crippen LogP contribution in [0, 0.1) is 0 Å². The van der Waals surface area contributed by atoms with Gasteiger partial charge in [0.2, 0.25) is 0 Å². The van der Waals surface area contributed by atoms with Gasteiger partial charge >= 0.3 is 0 Å². The fourth-order valence-electron chi connectivity index (χ4n) is 0.949. The SMILES string of the molecule is O=Cc1cnc(-c2ccccn2)s1. The highest BCUT2D eigenvalue weighted by molar-refractivity contribution is 7.16. The highest BCUT2D eigenvalue weighted by Gasteiger charge is 2.03. The van der Waals surface area contributed by atoms with E-state index >= 15 is 0 Å². The van der Waals surface area contributed by atoms with Crippen molar-refractivity contribution in [3.8, 4) is 10.7 Å². The van der Waals surface area contributed by atoms with Crippen LogP contribution in [0.3, 0.4) is 0 Å². The third-order valence-corrected chi connectivity index (χ3v) is 2.47. The first-order valence-corrected chi connectivity index (χ1v) is 4.54. The molecule has 64 valence electrons. The number of pyridine rings is 1. The van der Waals surface area contributed by atoms with E-state index in [1.807, 2.05) is 18.2 Å². The number of nitrogens with zero attached hydrogens (tertiary/aromatic N) is 2. The summed E-state index contributed by atoms with van der Waals surface area (Å²) in [5.41, 5.74) is 0.806. The number of carbonyl (C=O) groups excluding carboxylic acids is 1. The molecular weight excluding hydrogens is 184 g/mol. The predicted molar refractivity (Wildman–Crippen MR) is 50.7 cm³/mol. The lowest BCUT2D eigenvalue weighted by molar-refractivity contribution is 0.112. The molecule has 0 aliphatic heterocycles. The van der Waals surface area contributed by atoms with Crippen molar-refractivity contribution in [2.45, 2.75) is 0 Å². The van der Waals surface area contributed by atoms with Gasteiger partial charge < -0.3 is 0 Å². The molecule has 2 heterocycles. The number of hydrogen-bond acceptors (Lipinski definition) is 4. The van der Waals surface area contributed by atoms with Gasteiger partial charge in [-0.05, 0) is 12.1 Å². The number of carbonyl (C=O) groups is 1. The third kappa shape index (κ3) is 1.62. The minimum absolute atomic E-state index is 0.626. The van der Waals surface area contributed by atoms with Crippen LogP contribution in [0.1, 0.15) is 9.67 Å². The molecule has 4 heteroatoms. The predicted octanol–water partition coefficient (Wildman–Crippen LogP) is 2.02. The van der Waals surface area contributed by atoms with Crippen LogP contribution in [0.2, 0.25) is 0 Å². The summed E-state index contributed by atoms with van der Waals surface area (Å²) in [6.45, 7) is 0. The van der Waals surface area contributed by atoms with Crippen LogP contribution < -0.4 is 0 Å². The molecule has 0 fully saturated rings. The van der Waals surface area contributed by atoms with E-state index in [2.05, 4.69) is 9.97 Å². The molecule has 0 saturated carbocycles. The van der Waals surface area contributed by atoms with E-state index in [0.717, 1.165) is 17.0 Å². The third-order valence-electron chi connectivity index (χ3n) is 1.52. The summed E-state index contributed by atoms with van der Waals surface area (Å²) in [6, 6.07) is 5.61. The van der Waals surface area contributed by atoms with Crippen LogP contribution in [-0.2, 0) is 0 Å². The van der Waals surface area contributed by atoms with Crippen molar-refractivity contribution in [1.82, 2.24) is 9.97 Å². The van der Waals surface area contributed by atoms with Crippen molar-refractivity contribution in [3.63, 3.8) is 0 Å². The number of hydrogen-bond donors (Lipinski definition) is 0. The molecule has 2 rings (SSSR count). The van der Waals surface area contributed by atoms with E-state index < -0.39 is 0 Å². The monoisotopic (exact) mass is 190 g/mol. The second kappa shape index (κ2) is 3.45. The summed E-state index contributed by atoms with van der Waals surface area (Å²) < 4.78 is 0. The van der Waals surface area contributed by atoms with E-state index in [1.165, 1.54) is 11.3 Å². The van der Waals surface area contributed by atoms with Gasteiger partial charge in [0.05, 0.1) is 10.6 Å². The zero-order chi connectivity index (χ0) is 9.10. The lowest BCUT2D eigenvalue weighted by atomic mass is 10.4. The second-order valence-corrected chi connectivity index (χ2v) is 3.46. The first kappa shape index (κ1) is 8.07. The topological polar surface area (TPSA) is 42.9 Å². The molecule has 0 aromatic carbocycles. The van der Waals surface area contributed by atoms with Crippen LogP contribution in [-0.4, -0.2) is 16.3 Å². The van der Waals surface area contributed by atoms with E-state index in [1.54, 1.807) is 12.4 Å². The van der Waals surface area contributed by atoms with Gasteiger partial charge in [0.25, 0.3) is 0 Å². The summed E-state index contributed by atoms with van der Waals surface area (Å²) >= 11 is 1.34. The molecule has 2 aromatic rings. The van der Waals surface area contributed by atoms with E-state index in [9.17, 15) is 4.79 Å². The Morgan fingerprint density at radius 3 is 2.85 bits per heavy atom. The van der Waals surface area contributed by atoms with Gasteiger partial charge in [-0.1, -0.05) is 6.07 Å². The zero-order valence-electron chi connectivity index (χ0n) is 6.68. The lowest BCUT2D eigenvalue weighted by Gasteiger charge is -1.91. The van der Waals surface area contributed by atoms with E-state index in [-0.39, 0.29) is 0 Å². The molecule has 2 aromatic heterocycles. The van der Waals surface area contributed by atoms with Crippen LogP contribution in [0.4, 0.5) is 0 Å². The number of aldehydes is 1. The molecule has 0 saturated heterocycles. The maximum Gasteiger partial charge on any atom is 0.161 e. The van der Waals surface area contributed by atoms with Gasteiger partial charge in [-0.2, -0.15) is 0 Å². The van der Waals surface area contributed by atoms with Crippen LogP contribution >= 0.6 is 11.3 Å². The van der Waals surface area contributed by atoms with Crippen molar-refractivity contribution in [3.05, 3.63) is 35.5 Å². The second-order valence-electron chi connectivity index (χ2n) is 2.40. The van der Waals surface area contributed by atoms with Crippen molar-refractivity contribution in [2.75, 3.05) is 0 Å². The molecule has 13 heavy (non-hydrogen) atoms. The first-order valence-electron chi connectivity index (χ1n) is 3.72. The molecule has 0 amide bonds. The summed E-state index contributed by atoms with van der Waals surface area (Å²) in [5, 5.41) is 0.780. The molecule has 3 nitrogen and oxygen atoms in total. The van der Waals surface area contributed by atoms with Crippen molar-refractivity contribution < 1.29 is 4.79 Å². The van der Waals surface area contributed by atoms with Gasteiger partial charge in [-0.25, -0.2) is 4.98 Å². The normalized spacial score (nSPS) is 9.85. The largest absolute Gasteiger partial charge is 0.297 e. The van der Waals surface area contributed by atoms with Gasteiger partial charge in [0, 0.05) is 12.4 Å². The summed E-state index contributed by atoms with van der Waals surface area (Å²) in [4.78, 5) is 19.2. The van der Waals surface area contributed by atoms with E-state index in [0.29, 0.717) is 4.88 Å². The Morgan fingerprint density at radius 1 is 1.31 bits per heavy atom. The summed E-state index contributed by atoms with van der Waals surface area (Å²) in [5.74, 6) is 0. The Labute approximate surface area is 79.1 Å². The molecular formula is C9H6N2OS. The fraction of sp³-hybridized carbons (Fsp3) is 0. The Balaban J connectivity index is 2.41. The van der Waals surface area contributed by atoms with Gasteiger partial charge in [0.15, 0.2) is 6.29 Å². The maximum absolute atomic E-state index is 10.4. The smallest absolute Gasteiger partial charge is 0.161 e. The Kier molecular flexibility index (Phi) is 2.14. The average Bonchev–Trinajstić information content (AvgIpc) is 2.67. The molecule has 0 aliphatic rings. The number of aromatic nitrogens is 2. The molecule has 0 aliphatic carbocycles. The minimum atomic E-state index is 0.626. The standard InChI is InChI=1S/C9H6N2OS/c12-6-7-5-11-9(13-7)8-3-1-2-4-10-8/h1-6H. The molecule has 0 bridgehead atoms. The number of rotatable bonds is 2. The first-order chi connectivity index (χ1) is 6.40. The minimum Gasteiger partial charge on any atom is -0.297 e. The van der Waals surface area contributed by atoms with Gasteiger partial charge in [-0.3, -0.25) is 9.78 Å². The zero-order valence-corrected chi connectivity index (χ0v) is 7.49. The number of thiazole rings is 1. The average molecular weight is 190 g/mol. The quantitative estimate of drug-likeness (QED) is 0.680. The Hall–Kier alpha value is -1.55. The summed E-state index contributed by atoms with van der Waals surface area (Å²) in [7, 11) is 0. The maximum atomic E-state index is 10.4. The van der Waals surface area contributed by atoms with Crippen LogP contribution in [0.15, 0.2) is 30.6 Å². The van der Waals surface area contributed by atoms with E-state index in [4.69, 9.17) is 0 Å². The fourth-order valence-corrected chi connectivity index (χ4v) is 1.66. The molecule has 0 N–H and O–H groups in total. The van der Waals surface area contributed by atoms with Crippen LogP contribution in [0.25, 0.3) is 10.7 Å². The van der Waals surface area contributed by atoms with Gasteiger partial charge in [0.1, 0.15) is 5.01 Å². The molecule has 0 spiro atoms. The Bertz CT molecular complexity index is 411.